The number of hydrogen-bond acceptors (Lipinski definition) is 5. The number of benzene rings is 1. The Balaban J connectivity index is 1.52. The molecular weight excluding hydrogens is 452 g/mol. The first-order chi connectivity index (χ1) is 16.7. The van der Waals surface area contributed by atoms with Crippen molar-refractivity contribution in [3.8, 4) is 11.5 Å². The summed E-state index contributed by atoms with van der Waals surface area (Å²) in [6, 6.07) is 3.96. The van der Waals surface area contributed by atoms with Gasteiger partial charge in [0.2, 0.25) is 0 Å². The predicted octanol–water partition coefficient (Wildman–Crippen LogP) is 6.81. The van der Waals surface area contributed by atoms with E-state index in [0.717, 1.165) is 49.8 Å². The van der Waals surface area contributed by atoms with E-state index in [-0.39, 0.29) is 39.9 Å². The molecule has 0 radical (unpaired) electrons. The van der Waals surface area contributed by atoms with Crippen molar-refractivity contribution in [3.05, 3.63) is 23.3 Å². The molecule has 5 heteroatoms. The molecule has 36 heavy (non-hydrogen) atoms. The number of ether oxygens (including phenoxy) is 3. The third kappa shape index (κ3) is 3.47. The molecule has 1 spiro atoms. The van der Waals surface area contributed by atoms with E-state index in [4.69, 9.17) is 14.2 Å². The van der Waals surface area contributed by atoms with Crippen LogP contribution < -0.4 is 9.47 Å². The highest BCUT2D eigenvalue weighted by molar-refractivity contribution is 5.70. The molecule has 5 nitrogen and oxygen atoms in total. The minimum Gasteiger partial charge on any atom is -0.486 e. The normalized spacial score (nSPS) is 40.4. The number of aryl methyl sites for hydroxylation is 1. The second-order valence-corrected chi connectivity index (χ2v) is 13.5. The molecule has 7 atom stereocenters. The lowest BCUT2D eigenvalue weighted by atomic mass is 9.37. The summed E-state index contributed by atoms with van der Waals surface area (Å²) in [5.41, 5.74) is 2.12. The Bertz CT molecular complexity index is 1090. The number of esters is 2. The highest BCUT2D eigenvalue weighted by Crippen LogP contribution is 2.72. The summed E-state index contributed by atoms with van der Waals surface area (Å²) in [4.78, 5) is 23.5. The summed E-state index contributed by atoms with van der Waals surface area (Å²) >= 11 is 0. The second kappa shape index (κ2) is 8.23. The number of rotatable bonds is 2. The molecule has 1 heterocycles. The van der Waals surface area contributed by atoms with E-state index >= 15 is 0 Å². The molecule has 1 aliphatic heterocycles. The molecule has 1 aromatic rings. The molecule has 3 aliphatic carbocycles. The molecule has 0 N–H and O–H groups in total. The lowest BCUT2D eigenvalue weighted by Gasteiger charge is -2.69. The maximum absolute atomic E-state index is 11.9. The molecule has 0 aromatic heterocycles. The minimum atomic E-state index is -0.292. The second-order valence-electron chi connectivity index (χ2n) is 13.5. The standard InChI is InChI=1S/C31H44O5/c1-18-15-23(34-20(3)32)16-22-17-31(36-27(18)22)19(2)9-10-25-29(7)13-12-26(35-21(4)33)28(5,6)24(29)11-14-30(25,31)8/h15-16,19,24-26H,9-14,17H2,1-8H3/t19-,24-,25+,26-,29+,30-,31-/m0/s1. The molecule has 4 aliphatic rings. The van der Waals surface area contributed by atoms with Gasteiger partial charge in [0.25, 0.3) is 0 Å². The van der Waals surface area contributed by atoms with Gasteiger partial charge in [-0.05, 0) is 86.3 Å². The van der Waals surface area contributed by atoms with Crippen molar-refractivity contribution in [3.63, 3.8) is 0 Å². The fourth-order valence-electron chi connectivity index (χ4n) is 9.71. The van der Waals surface area contributed by atoms with Crippen LogP contribution in [0.15, 0.2) is 12.1 Å². The maximum atomic E-state index is 11.9. The van der Waals surface area contributed by atoms with Crippen LogP contribution in [0.25, 0.3) is 0 Å². The molecular formula is C31H44O5. The Morgan fingerprint density at radius 3 is 2.33 bits per heavy atom. The van der Waals surface area contributed by atoms with Crippen LogP contribution in [0.2, 0.25) is 0 Å². The smallest absolute Gasteiger partial charge is 0.308 e. The fourth-order valence-corrected chi connectivity index (χ4v) is 9.71. The highest BCUT2D eigenvalue weighted by Gasteiger charge is 2.70. The van der Waals surface area contributed by atoms with Gasteiger partial charge in [0.05, 0.1) is 0 Å². The monoisotopic (exact) mass is 496 g/mol. The van der Waals surface area contributed by atoms with E-state index in [2.05, 4.69) is 41.5 Å². The summed E-state index contributed by atoms with van der Waals surface area (Å²) < 4.78 is 18.5. The summed E-state index contributed by atoms with van der Waals surface area (Å²) in [6.07, 6.45) is 7.49. The van der Waals surface area contributed by atoms with Gasteiger partial charge in [-0.15, -0.1) is 0 Å². The van der Waals surface area contributed by atoms with Crippen LogP contribution in [-0.4, -0.2) is 23.6 Å². The molecule has 3 saturated carbocycles. The summed E-state index contributed by atoms with van der Waals surface area (Å²) in [5, 5.41) is 0. The maximum Gasteiger partial charge on any atom is 0.308 e. The van der Waals surface area contributed by atoms with Gasteiger partial charge in [-0.25, -0.2) is 0 Å². The van der Waals surface area contributed by atoms with E-state index in [9.17, 15) is 9.59 Å². The van der Waals surface area contributed by atoms with Crippen LogP contribution in [0.4, 0.5) is 0 Å². The van der Waals surface area contributed by atoms with Crippen molar-refractivity contribution in [1.82, 2.24) is 0 Å². The minimum absolute atomic E-state index is 0.0109. The third-order valence-corrected chi connectivity index (χ3v) is 11.3. The zero-order valence-corrected chi connectivity index (χ0v) is 23.5. The molecule has 0 saturated heterocycles. The Morgan fingerprint density at radius 1 is 0.944 bits per heavy atom. The Morgan fingerprint density at radius 2 is 1.67 bits per heavy atom. The number of hydrogen-bond donors (Lipinski definition) is 0. The predicted molar refractivity (Wildman–Crippen MR) is 139 cm³/mol. The Labute approximate surface area is 216 Å². The van der Waals surface area contributed by atoms with E-state index in [1.807, 2.05) is 12.1 Å². The van der Waals surface area contributed by atoms with Gasteiger partial charge in [0.1, 0.15) is 23.2 Å². The van der Waals surface area contributed by atoms with Crippen molar-refractivity contribution in [2.75, 3.05) is 0 Å². The Kier molecular flexibility index (Phi) is 5.85. The average molecular weight is 497 g/mol. The third-order valence-electron chi connectivity index (χ3n) is 11.3. The first-order valence-corrected chi connectivity index (χ1v) is 13.9. The van der Waals surface area contributed by atoms with Crippen molar-refractivity contribution in [2.24, 2.45) is 34.0 Å². The van der Waals surface area contributed by atoms with E-state index in [1.165, 1.54) is 25.8 Å². The van der Waals surface area contributed by atoms with Gasteiger partial charge < -0.3 is 14.2 Å². The first-order valence-electron chi connectivity index (χ1n) is 13.9. The van der Waals surface area contributed by atoms with E-state index in [0.29, 0.717) is 23.5 Å². The van der Waals surface area contributed by atoms with Gasteiger partial charge in [-0.3, -0.25) is 9.59 Å². The lowest BCUT2D eigenvalue weighted by Crippen LogP contribution is -2.68. The molecule has 0 amide bonds. The number of carbonyl (C=O) groups excluding carboxylic acids is 2. The molecule has 0 unspecified atom stereocenters. The van der Waals surface area contributed by atoms with Crippen molar-refractivity contribution in [1.29, 1.82) is 0 Å². The van der Waals surface area contributed by atoms with Crippen LogP contribution in [0, 0.1) is 40.9 Å². The Hall–Kier alpha value is -2.04. The largest absolute Gasteiger partial charge is 0.486 e. The number of carbonyl (C=O) groups is 2. The topological polar surface area (TPSA) is 61.8 Å². The van der Waals surface area contributed by atoms with Gasteiger partial charge in [0.15, 0.2) is 0 Å². The van der Waals surface area contributed by atoms with E-state index in [1.54, 1.807) is 0 Å². The van der Waals surface area contributed by atoms with Gasteiger partial charge in [-0.1, -0.05) is 34.6 Å². The summed E-state index contributed by atoms with van der Waals surface area (Å²) in [6.45, 7) is 17.1. The van der Waals surface area contributed by atoms with Crippen LogP contribution in [0.1, 0.15) is 98.1 Å². The average Bonchev–Trinajstić information content (AvgIpc) is 3.15. The lowest BCUT2D eigenvalue weighted by molar-refractivity contribution is -0.241. The van der Waals surface area contributed by atoms with Crippen molar-refractivity contribution >= 4 is 11.9 Å². The van der Waals surface area contributed by atoms with Crippen molar-refractivity contribution < 1.29 is 23.8 Å². The molecule has 5 rings (SSSR count). The molecule has 1 aromatic carbocycles. The summed E-state index contributed by atoms with van der Waals surface area (Å²) in [5.74, 6) is 2.64. The van der Waals surface area contributed by atoms with Gasteiger partial charge in [-0.2, -0.15) is 0 Å². The quantitative estimate of drug-likeness (QED) is 0.332. The fraction of sp³-hybridized carbons (Fsp3) is 0.742. The van der Waals surface area contributed by atoms with Crippen LogP contribution in [-0.2, 0) is 20.7 Å². The first kappa shape index (κ1) is 25.6. The van der Waals surface area contributed by atoms with Crippen molar-refractivity contribution in [2.45, 2.75) is 112 Å². The van der Waals surface area contributed by atoms with Crippen LogP contribution in [0.5, 0.6) is 11.5 Å². The molecule has 3 fully saturated rings. The van der Waals surface area contributed by atoms with Gasteiger partial charge >= 0.3 is 11.9 Å². The summed E-state index contributed by atoms with van der Waals surface area (Å²) in [7, 11) is 0. The molecule has 198 valence electrons. The van der Waals surface area contributed by atoms with Gasteiger partial charge in [0, 0.05) is 36.7 Å². The van der Waals surface area contributed by atoms with Crippen LogP contribution in [0.3, 0.4) is 0 Å². The van der Waals surface area contributed by atoms with E-state index < -0.39 is 0 Å². The zero-order chi connectivity index (χ0) is 26.3. The SMILES string of the molecule is CC(=O)Oc1cc(C)c2c(c1)C[C@]1(O2)[C@@H](C)CC[C@@H]2[C@]3(C)CC[C@H](OC(C)=O)C(C)(C)[C@@H]3CC[C@@]21C. The zero-order valence-electron chi connectivity index (χ0n) is 23.5. The highest BCUT2D eigenvalue weighted by atomic mass is 16.5. The number of fused-ring (bicyclic) bond motifs is 5. The van der Waals surface area contributed by atoms with Crippen LogP contribution >= 0.6 is 0 Å². The molecule has 0 bridgehead atoms.